The second kappa shape index (κ2) is 4.37. The van der Waals surface area contributed by atoms with Crippen LogP contribution in [0, 0.1) is 0 Å². The minimum Gasteiger partial charge on any atom is -0.480 e. The Hall–Kier alpha value is -1.81. The lowest BCUT2D eigenvalue weighted by Crippen LogP contribution is -2.08. The quantitative estimate of drug-likeness (QED) is 0.890. The molecule has 0 amide bonds. The fourth-order valence-corrected chi connectivity index (χ4v) is 1.49. The van der Waals surface area contributed by atoms with Crippen molar-refractivity contribution in [2.45, 2.75) is 6.54 Å². The van der Waals surface area contributed by atoms with Crippen LogP contribution in [0.4, 0.5) is 0 Å². The summed E-state index contributed by atoms with van der Waals surface area (Å²) >= 11 is 5.77. The molecule has 0 unspecified atom stereocenters. The lowest BCUT2D eigenvalue weighted by atomic mass is 10.2. The fraction of sp³-hybridized carbons (Fsp3) is 0.0909. The second-order valence-electron chi connectivity index (χ2n) is 3.30. The highest BCUT2D eigenvalue weighted by atomic mass is 35.5. The van der Waals surface area contributed by atoms with E-state index in [4.69, 9.17) is 16.7 Å². The average Bonchev–Trinajstić information content (AvgIpc) is 2.66. The molecule has 82 valence electrons. The van der Waals surface area contributed by atoms with Crippen LogP contribution in [0.3, 0.4) is 0 Å². The first-order chi connectivity index (χ1) is 7.65. The van der Waals surface area contributed by atoms with Gasteiger partial charge < -0.3 is 5.11 Å². The molecule has 0 saturated carbocycles. The number of benzene rings is 1. The summed E-state index contributed by atoms with van der Waals surface area (Å²) in [5.41, 5.74) is 1.64. The Labute approximate surface area is 97.1 Å². The number of aliphatic carboxylic acids is 1. The Balaban J connectivity index is 2.24. The molecule has 0 atom stereocenters. The summed E-state index contributed by atoms with van der Waals surface area (Å²) in [6.07, 6.45) is 1.64. The van der Waals surface area contributed by atoms with Gasteiger partial charge in [-0.1, -0.05) is 23.7 Å². The van der Waals surface area contributed by atoms with Gasteiger partial charge in [-0.2, -0.15) is 5.10 Å². The molecule has 0 aliphatic heterocycles. The smallest absolute Gasteiger partial charge is 0.325 e. The first-order valence-corrected chi connectivity index (χ1v) is 5.04. The minimum atomic E-state index is -0.911. The van der Waals surface area contributed by atoms with Crippen molar-refractivity contribution in [2.24, 2.45) is 0 Å². The van der Waals surface area contributed by atoms with Crippen molar-refractivity contribution < 1.29 is 9.90 Å². The van der Waals surface area contributed by atoms with E-state index in [1.54, 1.807) is 24.4 Å². The Bertz CT molecular complexity index is 505. The predicted octanol–water partition coefficient (Wildman–Crippen LogP) is 2.29. The number of carboxylic acid groups (broad SMARTS) is 1. The van der Waals surface area contributed by atoms with Crippen molar-refractivity contribution in [2.75, 3.05) is 0 Å². The topological polar surface area (TPSA) is 55.1 Å². The third-order valence-electron chi connectivity index (χ3n) is 2.08. The van der Waals surface area contributed by atoms with Crippen LogP contribution in [0.5, 0.6) is 0 Å². The number of nitrogens with zero attached hydrogens (tertiary/aromatic N) is 2. The first-order valence-electron chi connectivity index (χ1n) is 4.66. The van der Waals surface area contributed by atoms with Crippen LogP contribution < -0.4 is 0 Å². The van der Waals surface area contributed by atoms with Crippen molar-refractivity contribution in [3.8, 4) is 11.3 Å². The Morgan fingerprint density at radius 2 is 2.00 bits per heavy atom. The van der Waals surface area contributed by atoms with E-state index >= 15 is 0 Å². The zero-order valence-electron chi connectivity index (χ0n) is 8.30. The summed E-state index contributed by atoms with van der Waals surface area (Å²) in [6, 6.07) is 9.00. The van der Waals surface area contributed by atoms with Gasteiger partial charge in [-0.25, -0.2) is 0 Å². The van der Waals surface area contributed by atoms with E-state index in [-0.39, 0.29) is 6.54 Å². The maximum atomic E-state index is 10.5. The number of aromatic nitrogens is 2. The van der Waals surface area contributed by atoms with Gasteiger partial charge in [0.05, 0.1) is 5.69 Å². The van der Waals surface area contributed by atoms with Gasteiger partial charge in [-0.15, -0.1) is 0 Å². The van der Waals surface area contributed by atoms with Crippen LogP contribution in [0.1, 0.15) is 0 Å². The van der Waals surface area contributed by atoms with Gasteiger partial charge in [0, 0.05) is 16.8 Å². The van der Waals surface area contributed by atoms with Crippen molar-refractivity contribution in [1.82, 2.24) is 9.78 Å². The summed E-state index contributed by atoms with van der Waals surface area (Å²) in [5.74, 6) is -0.911. The van der Waals surface area contributed by atoms with E-state index in [1.807, 2.05) is 12.1 Å². The lowest BCUT2D eigenvalue weighted by molar-refractivity contribution is -0.137. The first kappa shape index (κ1) is 10.7. The summed E-state index contributed by atoms with van der Waals surface area (Å²) in [5, 5.41) is 13.4. The second-order valence-corrected chi connectivity index (χ2v) is 3.74. The van der Waals surface area contributed by atoms with Gasteiger partial charge in [0.25, 0.3) is 0 Å². The van der Waals surface area contributed by atoms with Crippen molar-refractivity contribution >= 4 is 17.6 Å². The van der Waals surface area contributed by atoms with Gasteiger partial charge in [0.1, 0.15) is 6.54 Å². The molecule has 2 rings (SSSR count). The van der Waals surface area contributed by atoms with Crippen LogP contribution in [0.25, 0.3) is 11.3 Å². The molecular weight excluding hydrogens is 228 g/mol. The average molecular weight is 237 g/mol. The van der Waals surface area contributed by atoms with Gasteiger partial charge in [-0.3, -0.25) is 9.48 Å². The highest BCUT2D eigenvalue weighted by molar-refractivity contribution is 6.30. The third-order valence-corrected chi connectivity index (χ3v) is 2.33. The molecule has 4 nitrogen and oxygen atoms in total. The van der Waals surface area contributed by atoms with E-state index in [1.165, 1.54) is 4.68 Å². The van der Waals surface area contributed by atoms with Crippen LogP contribution in [0.15, 0.2) is 36.5 Å². The lowest BCUT2D eigenvalue weighted by Gasteiger charge is -1.97. The van der Waals surface area contributed by atoms with Crippen LogP contribution in [-0.2, 0) is 11.3 Å². The molecule has 0 saturated heterocycles. The molecule has 5 heteroatoms. The fourth-order valence-electron chi connectivity index (χ4n) is 1.36. The Morgan fingerprint density at radius 1 is 1.31 bits per heavy atom. The molecule has 0 radical (unpaired) electrons. The standard InChI is InChI=1S/C11H9ClN2O2/c12-9-3-1-8(2-4-9)10-5-6-14(13-10)7-11(15)16/h1-6H,7H2,(H,15,16). The van der Waals surface area contributed by atoms with Crippen LogP contribution >= 0.6 is 11.6 Å². The maximum Gasteiger partial charge on any atom is 0.325 e. The number of rotatable bonds is 3. The normalized spacial score (nSPS) is 10.3. The van der Waals surface area contributed by atoms with Gasteiger partial charge in [0.15, 0.2) is 0 Å². The van der Waals surface area contributed by atoms with Crippen LogP contribution in [-0.4, -0.2) is 20.9 Å². The summed E-state index contributed by atoms with van der Waals surface area (Å²) in [6.45, 7) is -0.131. The highest BCUT2D eigenvalue weighted by Gasteiger charge is 2.04. The molecule has 1 aromatic heterocycles. The molecule has 0 aliphatic carbocycles. The molecule has 1 aromatic carbocycles. The number of carbonyl (C=O) groups is 1. The van der Waals surface area contributed by atoms with Crippen molar-refractivity contribution in [1.29, 1.82) is 0 Å². The molecule has 0 spiro atoms. The van der Waals surface area contributed by atoms with E-state index in [0.717, 1.165) is 11.3 Å². The Kier molecular flexibility index (Phi) is 2.92. The molecule has 1 heterocycles. The summed E-state index contributed by atoms with van der Waals surface area (Å²) < 4.78 is 1.38. The van der Waals surface area contributed by atoms with Gasteiger partial charge in [0.2, 0.25) is 0 Å². The van der Waals surface area contributed by atoms with Crippen molar-refractivity contribution in [3.63, 3.8) is 0 Å². The zero-order valence-corrected chi connectivity index (χ0v) is 9.05. The number of halogens is 1. The number of hydrogen-bond donors (Lipinski definition) is 1. The Morgan fingerprint density at radius 3 is 2.62 bits per heavy atom. The molecule has 0 aliphatic rings. The van der Waals surface area contributed by atoms with E-state index in [2.05, 4.69) is 5.10 Å². The summed E-state index contributed by atoms with van der Waals surface area (Å²) in [7, 11) is 0. The molecule has 16 heavy (non-hydrogen) atoms. The number of carboxylic acids is 1. The maximum absolute atomic E-state index is 10.5. The monoisotopic (exact) mass is 236 g/mol. The number of hydrogen-bond acceptors (Lipinski definition) is 2. The molecule has 1 N–H and O–H groups in total. The molecule has 0 bridgehead atoms. The van der Waals surface area contributed by atoms with Gasteiger partial charge >= 0.3 is 5.97 Å². The molecular formula is C11H9ClN2O2. The van der Waals surface area contributed by atoms with Crippen molar-refractivity contribution in [3.05, 3.63) is 41.6 Å². The molecule has 0 fully saturated rings. The SMILES string of the molecule is O=C(O)Cn1ccc(-c2ccc(Cl)cc2)n1. The highest BCUT2D eigenvalue weighted by Crippen LogP contribution is 2.19. The largest absolute Gasteiger partial charge is 0.480 e. The van der Waals surface area contributed by atoms with E-state index in [0.29, 0.717) is 5.02 Å². The predicted molar refractivity (Wildman–Crippen MR) is 60.3 cm³/mol. The van der Waals surface area contributed by atoms with Gasteiger partial charge in [-0.05, 0) is 18.2 Å². The summed E-state index contributed by atoms with van der Waals surface area (Å²) in [4.78, 5) is 10.5. The van der Waals surface area contributed by atoms with Crippen LogP contribution in [0.2, 0.25) is 5.02 Å². The van der Waals surface area contributed by atoms with E-state index < -0.39 is 5.97 Å². The third kappa shape index (κ3) is 2.41. The minimum absolute atomic E-state index is 0.131. The van der Waals surface area contributed by atoms with E-state index in [9.17, 15) is 4.79 Å². The zero-order chi connectivity index (χ0) is 11.5. The molecule has 2 aromatic rings.